The molecule has 4 rings (SSSR count). The van der Waals surface area contributed by atoms with Crippen LogP contribution in [0.25, 0.3) is 11.0 Å². The van der Waals surface area contributed by atoms with Gasteiger partial charge in [0.15, 0.2) is 5.58 Å². The molecule has 2 aromatic heterocycles. The number of aromatic nitrogens is 3. The zero-order valence-corrected chi connectivity index (χ0v) is 17.4. The van der Waals surface area contributed by atoms with E-state index in [-0.39, 0.29) is 12.3 Å². The van der Waals surface area contributed by atoms with Crippen molar-refractivity contribution < 1.29 is 9.32 Å². The second-order valence-corrected chi connectivity index (χ2v) is 7.49. The van der Waals surface area contributed by atoms with Gasteiger partial charge in [0.05, 0.1) is 6.42 Å². The van der Waals surface area contributed by atoms with Gasteiger partial charge >= 0.3 is 0 Å². The van der Waals surface area contributed by atoms with E-state index < -0.39 is 0 Å². The summed E-state index contributed by atoms with van der Waals surface area (Å²) in [5.74, 6) is 0.361. The molecule has 2 N–H and O–H groups in total. The Hall–Kier alpha value is -3.74. The molecule has 0 aliphatic rings. The minimum absolute atomic E-state index is 0.133. The van der Waals surface area contributed by atoms with Crippen LogP contribution in [-0.4, -0.2) is 21.0 Å². The van der Waals surface area contributed by atoms with E-state index >= 15 is 0 Å². The SMILES string of the molecule is Cc1cc(C)c2onc(CC(=O)Nc3cccc(Nc4nc(C)cc(C)n4)c3)c2c1. The van der Waals surface area contributed by atoms with Gasteiger partial charge in [-0.05, 0) is 69.2 Å². The molecule has 152 valence electrons. The fourth-order valence-corrected chi connectivity index (χ4v) is 3.51. The highest BCUT2D eigenvalue weighted by atomic mass is 16.5. The molecule has 0 aliphatic heterocycles. The van der Waals surface area contributed by atoms with Crippen molar-refractivity contribution in [2.75, 3.05) is 10.6 Å². The largest absolute Gasteiger partial charge is 0.356 e. The fraction of sp³-hybridized carbons (Fsp3) is 0.217. The van der Waals surface area contributed by atoms with Crippen LogP contribution >= 0.6 is 0 Å². The predicted octanol–water partition coefficient (Wildman–Crippen LogP) is 4.78. The molecule has 0 radical (unpaired) electrons. The molecule has 0 saturated heterocycles. The van der Waals surface area contributed by atoms with E-state index in [0.717, 1.165) is 39.2 Å². The molecule has 30 heavy (non-hydrogen) atoms. The Kier molecular flexibility index (Phi) is 5.18. The van der Waals surface area contributed by atoms with Crippen molar-refractivity contribution in [2.24, 2.45) is 0 Å². The lowest BCUT2D eigenvalue weighted by molar-refractivity contribution is -0.115. The zero-order valence-electron chi connectivity index (χ0n) is 17.4. The van der Waals surface area contributed by atoms with Crippen LogP contribution in [0.15, 0.2) is 47.0 Å². The van der Waals surface area contributed by atoms with Crippen molar-refractivity contribution in [1.29, 1.82) is 0 Å². The third-order valence-electron chi connectivity index (χ3n) is 4.69. The lowest BCUT2D eigenvalue weighted by Gasteiger charge is -2.09. The summed E-state index contributed by atoms with van der Waals surface area (Å²) in [6.45, 7) is 7.84. The topological polar surface area (TPSA) is 92.9 Å². The first-order valence-corrected chi connectivity index (χ1v) is 9.72. The second-order valence-electron chi connectivity index (χ2n) is 7.49. The van der Waals surface area contributed by atoms with Crippen LogP contribution in [0.2, 0.25) is 0 Å². The van der Waals surface area contributed by atoms with Gasteiger partial charge in [-0.1, -0.05) is 17.3 Å². The third-order valence-corrected chi connectivity index (χ3v) is 4.69. The number of nitrogens with zero attached hydrogens (tertiary/aromatic N) is 3. The Balaban J connectivity index is 1.48. The first-order valence-electron chi connectivity index (χ1n) is 9.72. The maximum atomic E-state index is 12.6. The monoisotopic (exact) mass is 401 g/mol. The summed E-state index contributed by atoms with van der Waals surface area (Å²) < 4.78 is 5.44. The molecular weight excluding hydrogens is 378 g/mol. The first-order chi connectivity index (χ1) is 14.4. The van der Waals surface area contributed by atoms with Gasteiger partial charge < -0.3 is 15.2 Å². The van der Waals surface area contributed by atoms with Crippen molar-refractivity contribution >= 4 is 34.2 Å². The maximum Gasteiger partial charge on any atom is 0.230 e. The Morgan fingerprint density at radius 3 is 2.47 bits per heavy atom. The van der Waals surface area contributed by atoms with Gasteiger partial charge in [-0.2, -0.15) is 0 Å². The quantitative estimate of drug-likeness (QED) is 0.500. The summed E-state index contributed by atoms with van der Waals surface area (Å²) in [6, 6.07) is 13.4. The molecule has 4 aromatic rings. The molecule has 0 bridgehead atoms. The average molecular weight is 401 g/mol. The number of nitrogens with one attached hydrogen (secondary N) is 2. The number of rotatable bonds is 5. The molecule has 0 fully saturated rings. The van der Waals surface area contributed by atoms with Crippen LogP contribution in [0.3, 0.4) is 0 Å². The van der Waals surface area contributed by atoms with Crippen molar-refractivity contribution in [3.63, 3.8) is 0 Å². The minimum atomic E-state index is -0.163. The smallest absolute Gasteiger partial charge is 0.230 e. The van der Waals surface area contributed by atoms with E-state index in [4.69, 9.17) is 4.52 Å². The van der Waals surface area contributed by atoms with Crippen molar-refractivity contribution in [2.45, 2.75) is 34.1 Å². The highest BCUT2D eigenvalue weighted by Gasteiger charge is 2.15. The normalized spacial score (nSPS) is 10.9. The van der Waals surface area contributed by atoms with Crippen LogP contribution < -0.4 is 10.6 Å². The molecule has 0 aliphatic carbocycles. The number of carbonyl (C=O) groups is 1. The van der Waals surface area contributed by atoms with E-state index in [2.05, 4.69) is 25.8 Å². The standard InChI is InChI=1S/C23H23N5O2/c1-13-8-14(2)22-19(9-13)20(28-30-22)12-21(29)26-17-6-5-7-18(11-17)27-23-24-15(3)10-16(4)25-23/h5-11H,12H2,1-4H3,(H,26,29)(H,24,25,27). The summed E-state index contributed by atoms with van der Waals surface area (Å²) in [5.41, 5.74) is 6.72. The molecule has 2 aromatic carbocycles. The van der Waals surface area contributed by atoms with Gasteiger partial charge in [-0.15, -0.1) is 0 Å². The summed E-state index contributed by atoms with van der Waals surface area (Å²) in [6.07, 6.45) is 0.133. The van der Waals surface area contributed by atoms with Gasteiger partial charge in [0, 0.05) is 28.1 Å². The molecule has 0 unspecified atom stereocenters. The van der Waals surface area contributed by atoms with Gasteiger partial charge in [-0.25, -0.2) is 9.97 Å². The van der Waals surface area contributed by atoms with Crippen molar-refractivity contribution in [3.8, 4) is 0 Å². The van der Waals surface area contributed by atoms with Gasteiger partial charge in [0.25, 0.3) is 0 Å². The highest BCUT2D eigenvalue weighted by molar-refractivity contribution is 5.95. The lowest BCUT2D eigenvalue weighted by atomic mass is 10.1. The van der Waals surface area contributed by atoms with Crippen molar-refractivity contribution in [3.05, 3.63) is 70.7 Å². The van der Waals surface area contributed by atoms with Gasteiger partial charge in [0.2, 0.25) is 11.9 Å². The molecule has 1 amide bonds. The molecule has 2 heterocycles. The number of anilines is 3. The second kappa shape index (κ2) is 7.94. The summed E-state index contributed by atoms with van der Waals surface area (Å²) >= 11 is 0. The minimum Gasteiger partial charge on any atom is -0.356 e. The number of hydrogen-bond donors (Lipinski definition) is 2. The number of carbonyl (C=O) groups excluding carboxylic acids is 1. The average Bonchev–Trinajstić information content (AvgIpc) is 3.04. The summed E-state index contributed by atoms with van der Waals surface area (Å²) in [4.78, 5) is 21.4. The number of amides is 1. The molecule has 0 saturated carbocycles. The Morgan fingerprint density at radius 1 is 0.967 bits per heavy atom. The van der Waals surface area contributed by atoms with Crippen LogP contribution in [-0.2, 0) is 11.2 Å². The number of fused-ring (bicyclic) bond motifs is 1. The Labute approximate surface area is 174 Å². The van der Waals surface area contributed by atoms with Crippen LogP contribution in [0.1, 0.15) is 28.2 Å². The number of aryl methyl sites for hydroxylation is 4. The van der Waals surface area contributed by atoms with E-state index in [1.807, 2.05) is 70.2 Å². The first kappa shape index (κ1) is 19.6. The predicted molar refractivity (Wildman–Crippen MR) is 117 cm³/mol. The van der Waals surface area contributed by atoms with Crippen LogP contribution in [0.5, 0.6) is 0 Å². The van der Waals surface area contributed by atoms with Gasteiger partial charge in [0.1, 0.15) is 5.69 Å². The number of hydrogen-bond acceptors (Lipinski definition) is 6. The molecule has 0 spiro atoms. The van der Waals surface area contributed by atoms with Crippen LogP contribution in [0.4, 0.5) is 17.3 Å². The lowest BCUT2D eigenvalue weighted by Crippen LogP contribution is -2.14. The summed E-state index contributed by atoms with van der Waals surface area (Å²) in [5, 5.41) is 11.1. The van der Waals surface area contributed by atoms with E-state index in [0.29, 0.717) is 17.3 Å². The van der Waals surface area contributed by atoms with E-state index in [1.54, 1.807) is 0 Å². The summed E-state index contributed by atoms with van der Waals surface area (Å²) in [7, 11) is 0. The fourth-order valence-electron chi connectivity index (χ4n) is 3.51. The highest BCUT2D eigenvalue weighted by Crippen LogP contribution is 2.25. The Morgan fingerprint density at radius 2 is 1.70 bits per heavy atom. The van der Waals surface area contributed by atoms with Crippen molar-refractivity contribution in [1.82, 2.24) is 15.1 Å². The molecule has 7 heteroatoms. The van der Waals surface area contributed by atoms with E-state index in [9.17, 15) is 4.79 Å². The molecule has 7 nitrogen and oxygen atoms in total. The van der Waals surface area contributed by atoms with E-state index in [1.165, 1.54) is 0 Å². The Bertz CT molecular complexity index is 1230. The maximum absolute atomic E-state index is 12.6. The van der Waals surface area contributed by atoms with Gasteiger partial charge in [-0.3, -0.25) is 4.79 Å². The number of benzene rings is 2. The zero-order chi connectivity index (χ0) is 21.3. The molecular formula is C23H23N5O2. The van der Waals surface area contributed by atoms with Crippen LogP contribution in [0, 0.1) is 27.7 Å². The third kappa shape index (κ3) is 4.30. The molecule has 0 atom stereocenters.